The van der Waals surface area contributed by atoms with Crippen LogP contribution in [0, 0.1) is 12.8 Å². The van der Waals surface area contributed by atoms with E-state index < -0.39 is 0 Å². The molecule has 1 aromatic heterocycles. The summed E-state index contributed by atoms with van der Waals surface area (Å²) in [6.45, 7) is 16.4. The molecule has 0 bridgehead atoms. The van der Waals surface area contributed by atoms with Crippen molar-refractivity contribution >= 4 is 5.91 Å². The van der Waals surface area contributed by atoms with Crippen molar-refractivity contribution in [2.24, 2.45) is 5.92 Å². The molecule has 3 unspecified atom stereocenters. The van der Waals surface area contributed by atoms with Crippen LogP contribution in [0.3, 0.4) is 0 Å². The highest BCUT2D eigenvalue weighted by atomic mass is 16.1. The molecule has 2 saturated heterocycles. The van der Waals surface area contributed by atoms with E-state index in [1.807, 2.05) is 22.9 Å². The van der Waals surface area contributed by atoms with Crippen molar-refractivity contribution in [1.82, 2.24) is 35.5 Å². The summed E-state index contributed by atoms with van der Waals surface area (Å²) >= 11 is 0. The normalized spacial score (nSPS) is 23.8. The number of hydrogen-bond acceptors (Lipinski definition) is 6. The summed E-state index contributed by atoms with van der Waals surface area (Å²) in [6.07, 6.45) is 2.36. The van der Waals surface area contributed by atoms with Crippen LogP contribution in [0.2, 0.25) is 0 Å². The first-order valence-corrected chi connectivity index (χ1v) is 15.6. The smallest absolute Gasteiger partial charge is 0.227 e. The molecule has 0 saturated carbocycles. The van der Waals surface area contributed by atoms with E-state index in [1.165, 1.54) is 11.1 Å². The Hall–Kier alpha value is -3.04. The lowest BCUT2D eigenvalue weighted by molar-refractivity contribution is -0.122. The van der Waals surface area contributed by atoms with Crippen molar-refractivity contribution in [2.45, 2.75) is 71.6 Å². The van der Waals surface area contributed by atoms with E-state index in [4.69, 9.17) is 5.10 Å². The van der Waals surface area contributed by atoms with Gasteiger partial charge in [0.1, 0.15) is 0 Å². The maximum Gasteiger partial charge on any atom is 0.227 e. The zero-order valence-electron chi connectivity index (χ0n) is 26.1. The monoisotopic (exact) mass is 571 g/mol. The second kappa shape index (κ2) is 13.5. The van der Waals surface area contributed by atoms with Gasteiger partial charge in [-0.1, -0.05) is 61.9 Å². The number of para-hydroxylation sites is 1. The number of nitrogens with one attached hydrogen (secondary N) is 3. The molecule has 8 nitrogen and oxygen atoms in total. The number of hydrogen-bond donors (Lipinski definition) is 3. The molecule has 8 heteroatoms. The molecule has 3 heterocycles. The van der Waals surface area contributed by atoms with Gasteiger partial charge >= 0.3 is 0 Å². The lowest BCUT2D eigenvalue weighted by Crippen LogP contribution is -2.73. The van der Waals surface area contributed by atoms with E-state index in [-0.39, 0.29) is 24.0 Å². The Morgan fingerprint density at radius 3 is 2.60 bits per heavy atom. The molecule has 3 N–H and O–H groups in total. The van der Waals surface area contributed by atoms with Gasteiger partial charge in [-0.15, -0.1) is 0 Å². The van der Waals surface area contributed by atoms with Gasteiger partial charge in [0.25, 0.3) is 0 Å². The lowest BCUT2D eigenvalue weighted by Gasteiger charge is -2.56. The van der Waals surface area contributed by atoms with Crippen LogP contribution in [0.25, 0.3) is 5.69 Å². The molecule has 42 heavy (non-hydrogen) atoms. The van der Waals surface area contributed by atoms with Gasteiger partial charge in [-0.05, 0) is 63.3 Å². The fourth-order valence-corrected chi connectivity index (χ4v) is 6.55. The van der Waals surface area contributed by atoms with Gasteiger partial charge in [-0.25, -0.2) is 4.68 Å². The van der Waals surface area contributed by atoms with Crippen molar-refractivity contribution in [3.8, 4) is 5.69 Å². The number of rotatable bonds is 10. The molecule has 2 aliphatic rings. The first-order chi connectivity index (χ1) is 20.2. The zero-order valence-corrected chi connectivity index (χ0v) is 26.1. The molecule has 226 valence electrons. The quantitative estimate of drug-likeness (QED) is 0.346. The van der Waals surface area contributed by atoms with Crippen LogP contribution in [0.15, 0.2) is 60.7 Å². The van der Waals surface area contributed by atoms with Crippen LogP contribution in [-0.4, -0.2) is 82.6 Å². The van der Waals surface area contributed by atoms with Gasteiger partial charge in [0.05, 0.1) is 30.6 Å². The number of amides is 1. The van der Waals surface area contributed by atoms with E-state index in [9.17, 15) is 4.79 Å². The predicted octanol–water partition coefficient (Wildman–Crippen LogP) is 3.52. The first-order valence-electron chi connectivity index (χ1n) is 15.6. The summed E-state index contributed by atoms with van der Waals surface area (Å²) in [5, 5.41) is 15.4. The van der Waals surface area contributed by atoms with Gasteiger partial charge in [-0.3, -0.25) is 14.6 Å². The van der Waals surface area contributed by atoms with Gasteiger partial charge in [0.2, 0.25) is 5.91 Å². The summed E-state index contributed by atoms with van der Waals surface area (Å²) in [5.41, 5.74) is 5.57. The Balaban J connectivity index is 1.26. The van der Waals surface area contributed by atoms with Crippen LogP contribution in [0.4, 0.5) is 0 Å². The molecular formula is C34H49N7O. The number of piperazine rings is 2. The Kier molecular flexibility index (Phi) is 9.78. The van der Waals surface area contributed by atoms with Crippen molar-refractivity contribution in [2.75, 3.05) is 39.4 Å². The largest absolute Gasteiger partial charge is 0.343 e. The van der Waals surface area contributed by atoms with E-state index >= 15 is 0 Å². The van der Waals surface area contributed by atoms with Crippen LogP contribution < -0.4 is 16.0 Å². The molecular weight excluding hydrogens is 522 g/mol. The second-order valence-electron chi connectivity index (χ2n) is 12.8. The third-order valence-corrected chi connectivity index (χ3v) is 9.03. The topological polar surface area (TPSA) is 77.5 Å². The minimum Gasteiger partial charge on any atom is -0.343 e. The number of benzene rings is 2. The van der Waals surface area contributed by atoms with Gasteiger partial charge in [0.15, 0.2) is 0 Å². The van der Waals surface area contributed by atoms with Gasteiger partial charge in [0, 0.05) is 50.0 Å². The Bertz CT molecular complexity index is 1310. The zero-order chi connectivity index (χ0) is 29.7. The van der Waals surface area contributed by atoms with Gasteiger partial charge < -0.3 is 16.0 Å². The Morgan fingerprint density at radius 2 is 1.86 bits per heavy atom. The van der Waals surface area contributed by atoms with Crippen LogP contribution in [0.5, 0.6) is 0 Å². The minimum absolute atomic E-state index is 0.0113. The van der Waals surface area contributed by atoms with Crippen LogP contribution >= 0.6 is 0 Å². The molecule has 1 amide bonds. The van der Waals surface area contributed by atoms with Crippen molar-refractivity contribution in [3.63, 3.8) is 0 Å². The Morgan fingerprint density at radius 1 is 1.10 bits per heavy atom. The summed E-state index contributed by atoms with van der Waals surface area (Å²) in [5.74, 6) is 0.511. The maximum absolute atomic E-state index is 13.2. The number of aromatic nitrogens is 2. The molecule has 3 atom stereocenters. The van der Waals surface area contributed by atoms with E-state index in [0.29, 0.717) is 18.6 Å². The molecule has 2 aromatic carbocycles. The molecule has 0 aliphatic carbocycles. The Labute approximate surface area is 251 Å². The third kappa shape index (κ3) is 7.11. The summed E-state index contributed by atoms with van der Waals surface area (Å²) in [7, 11) is 0. The van der Waals surface area contributed by atoms with E-state index in [0.717, 1.165) is 62.6 Å². The highest BCUT2D eigenvalue weighted by Gasteiger charge is 2.45. The molecule has 2 aliphatic heterocycles. The summed E-state index contributed by atoms with van der Waals surface area (Å²) in [6, 6.07) is 21.6. The van der Waals surface area contributed by atoms with E-state index in [2.05, 4.69) is 103 Å². The number of carbonyl (C=O) groups excluding carboxylic acids is 1. The first kappa shape index (κ1) is 30.4. The fourth-order valence-electron chi connectivity index (χ4n) is 6.55. The molecule has 5 rings (SSSR count). The highest BCUT2D eigenvalue weighted by Crippen LogP contribution is 2.31. The average molecular weight is 572 g/mol. The van der Waals surface area contributed by atoms with Crippen LogP contribution in [-0.2, 0) is 24.1 Å². The maximum atomic E-state index is 13.2. The highest BCUT2D eigenvalue weighted by molar-refractivity contribution is 5.78. The summed E-state index contributed by atoms with van der Waals surface area (Å²) < 4.78 is 2.00. The minimum atomic E-state index is -0.0590. The molecule has 3 aromatic rings. The summed E-state index contributed by atoms with van der Waals surface area (Å²) in [4.78, 5) is 18.3. The van der Waals surface area contributed by atoms with Crippen molar-refractivity contribution in [1.29, 1.82) is 0 Å². The number of carbonyl (C=O) groups is 1. The lowest BCUT2D eigenvalue weighted by atomic mass is 9.82. The van der Waals surface area contributed by atoms with Crippen molar-refractivity contribution < 1.29 is 4.79 Å². The SMILES string of the molecule is Cc1ccc(CC2(C)C(C)NCCN2C2CNCCN2CNC(=O)Cc2cc(CC(C)C)n(-c3ccccc3)n2)cc1. The van der Waals surface area contributed by atoms with E-state index in [1.54, 1.807) is 0 Å². The molecule has 0 radical (unpaired) electrons. The van der Waals surface area contributed by atoms with Crippen LogP contribution in [0.1, 0.15) is 50.2 Å². The van der Waals surface area contributed by atoms with Gasteiger partial charge in [-0.2, -0.15) is 5.10 Å². The van der Waals surface area contributed by atoms with Crippen molar-refractivity contribution in [3.05, 3.63) is 83.2 Å². The number of nitrogens with zero attached hydrogens (tertiary/aromatic N) is 4. The number of aryl methyl sites for hydroxylation is 1. The standard InChI is InChI=1S/C34H49N7O/c1-25(2)19-31-20-29(38-41(31)30-9-7-6-8-10-30)21-32(42)37-24-39-17-15-35-23-33(39)40-18-16-36-27(4)34(40,5)22-28-13-11-26(3)12-14-28/h6-14,20,25,27,33,35-36H,15-19,21-24H2,1-5H3,(H,37,42). The fraction of sp³-hybridized carbons (Fsp3) is 0.529. The molecule has 2 fully saturated rings. The molecule has 0 spiro atoms. The average Bonchev–Trinajstić information content (AvgIpc) is 3.36. The second-order valence-corrected chi connectivity index (χ2v) is 12.8. The predicted molar refractivity (Wildman–Crippen MR) is 170 cm³/mol. The third-order valence-electron chi connectivity index (χ3n) is 9.03.